The fourth-order valence-electron chi connectivity index (χ4n) is 2.39. The predicted octanol–water partition coefficient (Wildman–Crippen LogP) is 3.67. The van der Waals surface area contributed by atoms with Crippen LogP contribution in [0, 0.1) is 0 Å². The molecule has 0 bridgehead atoms. The Balaban J connectivity index is 2.34. The average Bonchev–Trinajstić information content (AvgIpc) is 2.53. The van der Waals surface area contributed by atoms with Crippen LogP contribution in [-0.2, 0) is 0 Å². The zero-order chi connectivity index (χ0) is 11.8. The van der Waals surface area contributed by atoms with Gasteiger partial charge in [-0.25, -0.2) is 0 Å². The Labute approximate surface area is 105 Å². The van der Waals surface area contributed by atoms with Crippen molar-refractivity contribution in [3.63, 3.8) is 0 Å². The highest BCUT2D eigenvalue weighted by Crippen LogP contribution is 2.39. The molecule has 3 rings (SSSR count). The molecule has 1 aliphatic rings. The Kier molecular flexibility index (Phi) is 2.69. The Morgan fingerprint density at radius 2 is 2.00 bits per heavy atom. The Morgan fingerprint density at radius 1 is 1.24 bits per heavy atom. The molecule has 2 aromatic carbocycles. The van der Waals surface area contributed by atoms with Gasteiger partial charge in [-0.3, -0.25) is 0 Å². The number of nitrogens with two attached hydrogens (primary N) is 1. The maximum atomic E-state index is 6.30. The van der Waals surface area contributed by atoms with Gasteiger partial charge < -0.3 is 10.5 Å². The van der Waals surface area contributed by atoms with E-state index in [1.807, 2.05) is 30.3 Å². The van der Waals surface area contributed by atoms with Crippen LogP contribution in [0.4, 0.5) is 0 Å². The Morgan fingerprint density at radius 3 is 2.82 bits per heavy atom. The lowest BCUT2D eigenvalue weighted by atomic mass is 9.99. The molecule has 0 aromatic heterocycles. The van der Waals surface area contributed by atoms with Gasteiger partial charge in [0, 0.05) is 27.4 Å². The molecular formula is C14H14ClNO. The van der Waals surface area contributed by atoms with Crippen LogP contribution in [0.5, 0.6) is 5.75 Å². The van der Waals surface area contributed by atoms with E-state index in [2.05, 4.69) is 0 Å². The molecular weight excluding hydrogens is 234 g/mol. The second-order valence-electron chi connectivity index (χ2n) is 4.42. The smallest absolute Gasteiger partial charge is 0.131 e. The fraction of sp³-hybridized carbons (Fsp3) is 0.286. The summed E-state index contributed by atoms with van der Waals surface area (Å²) >= 11 is 6.30. The third kappa shape index (κ3) is 1.78. The summed E-state index contributed by atoms with van der Waals surface area (Å²) in [5.74, 6) is 0.912. The summed E-state index contributed by atoms with van der Waals surface area (Å²) in [5.41, 5.74) is 7.20. The highest BCUT2D eigenvalue weighted by atomic mass is 35.5. The highest BCUT2D eigenvalue weighted by Gasteiger charge is 2.20. The third-order valence-electron chi connectivity index (χ3n) is 3.28. The van der Waals surface area contributed by atoms with Gasteiger partial charge >= 0.3 is 0 Å². The van der Waals surface area contributed by atoms with Gasteiger partial charge in [-0.1, -0.05) is 35.9 Å². The van der Waals surface area contributed by atoms with Crippen molar-refractivity contribution in [3.05, 3.63) is 40.9 Å². The molecule has 1 atom stereocenters. The summed E-state index contributed by atoms with van der Waals surface area (Å²) in [7, 11) is 0. The van der Waals surface area contributed by atoms with Crippen LogP contribution in [0.25, 0.3) is 10.8 Å². The molecule has 2 N–H and O–H groups in total. The van der Waals surface area contributed by atoms with E-state index in [4.69, 9.17) is 22.1 Å². The van der Waals surface area contributed by atoms with Crippen LogP contribution >= 0.6 is 11.6 Å². The lowest BCUT2D eigenvalue weighted by molar-refractivity contribution is 0.319. The van der Waals surface area contributed by atoms with Crippen molar-refractivity contribution in [1.29, 1.82) is 0 Å². The van der Waals surface area contributed by atoms with Crippen LogP contribution in [0.15, 0.2) is 30.3 Å². The molecule has 0 radical (unpaired) electrons. The second-order valence-corrected chi connectivity index (χ2v) is 4.83. The molecule has 0 fully saturated rings. The van der Waals surface area contributed by atoms with E-state index >= 15 is 0 Å². The highest BCUT2D eigenvalue weighted by molar-refractivity contribution is 6.36. The monoisotopic (exact) mass is 247 g/mol. The number of hydrogen-bond donors (Lipinski definition) is 1. The van der Waals surface area contributed by atoms with E-state index in [0.29, 0.717) is 0 Å². The largest absolute Gasteiger partial charge is 0.493 e. The van der Waals surface area contributed by atoms with Crippen LogP contribution in [0.3, 0.4) is 0 Å². The molecule has 1 aliphatic heterocycles. The van der Waals surface area contributed by atoms with Gasteiger partial charge in [0.1, 0.15) is 5.75 Å². The minimum Gasteiger partial charge on any atom is -0.493 e. The predicted molar refractivity (Wildman–Crippen MR) is 70.6 cm³/mol. The quantitative estimate of drug-likeness (QED) is 0.771. The first kappa shape index (κ1) is 10.9. The van der Waals surface area contributed by atoms with Crippen LogP contribution < -0.4 is 10.5 Å². The minimum absolute atomic E-state index is 0.0228. The summed E-state index contributed by atoms with van der Waals surface area (Å²) in [4.78, 5) is 0. The molecule has 3 heteroatoms. The molecule has 0 spiro atoms. The number of halogens is 1. The normalized spacial score (nSPS) is 19.5. The topological polar surface area (TPSA) is 35.2 Å². The van der Waals surface area contributed by atoms with E-state index in [0.717, 1.165) is 46.6 Å². The minimum atomic E-state index is 0.0228. The zero-order valence-corrected chi connectivity index (χ0v) is 10.2. The van der Waals surface area contributed by atoms with Crippen molar-refractivity contribution in [3.8, 4) is 5.75 Å². The Hall–Kier alpha value is -1.25. The second kappa shape index (κ2) is 4.21. The van der Waals surface area contributed by atoms with Gasteiger partial charge in [-0.15, -0.1) is 0 Å². The molecule has 1 unspecified atom stereocenters. The van der Waals surface area contributed by atoms with Crippen molar-refractivity contribution in [2.75, 3.05) is 6.61 Å². The molecule has 88 valence electrons. The molecule has 2 nitrogen and oxygen atoms in total. The van der Waals surface area contributed by atoms with Crippen molar-refractivity contribution in [1.82, 2.24) is 0 Å². The summed E-state index contributed by atoms with van der Waals surface area (Å²) in [6.07, 6.45) is 1.93. The number of hydrogen-bond acceptors (Lipinski definition) is 2. The number of benzene rings is 2. The van der Waals surface area contributed by atoms with Crippen LogP contribution in [0.2, 0.25) is 5.02 Å². The molecule has 17 heavy (non-hydrogen) atoms. The summed E-state index contributed by atoms with van der Waals surface area (Å²) in [6, 6.07) is 10.0. The van der Waals surface area contributed by atoms with Gasteiger partial charge in [0.25, 0.3) is 0 Å². The van der Waals surface area contributed by atoms with Crippen molar-refractivity contribution in [2.45, 2.75) is 18.9 Å². The molecule has 0 amide bonds. The average molecular weight is 248 g/mol. The summed E-state index contributed by atoms with van der Waals surface area (Å²) in [6.45, 7) is 0.728. The van der Waals surface area contributed by atoms with Gasteiger partial charge in [0.2, 0.25) is 0 Å². The first-order chi connectivity index (χ1) is 8.27. The van der Waals surface area contributed by atoms with E-state index in [9.17, 15) is 0 Å². The van der Waals surface area contributed by atoms with E-state index in [-0.39, 0.29) is 6.04 Å². The lowest BCUT2D eigenvalue weighted by Crippen LogP contribution is -2.09. The number of ether oxygens (including phenoxy) is 1. The molecule has 0 aliphatic carbocycles. The van der Waals surface area contributed by atoms with Gasteiger partial charge in [0.15, 0.2) is 0 Å². The first-order valence-electron chi connectivity index (χ1n) is 5.87. The van der Waals surface area contributed by atoms with Crippen LogP contribution in [0.1, 0.15) is 24.4 Å². The SMILES string of the molecule is NC1CCCOc2c1cc(Cl)c1ccccc21. The summed E-state index contributed by atoms with van der Waals surface area (Å²) < 4.78 is 5.85. The Bertz CT molecular complexity index is 567. The van der Waals surface area contributed by atoms with E-state index in [1.54, 1.807) is 0 Å². The van der Waals surface area contributed by atoms with Gasteiger partial charge in [-0.05, 0) is 18.9 Å². The van der Waals surface area contributed by atoms with Crippen molar-refractivity contribution < 1.29 is 4.74 Å². The van der Waals surface area contributed by atoms with Crippen molar-refractivity contribution in [2.24, 2.45) is 5.73 Å². The third-order valence-corrected chi connectivity index (χ3v) is 3.59. The zero-order valence-electron chi connectivity index (χ0n) is 9.45. The first-order valence-corrected chi connectivity index (χ1v) is 6.24. The lowest BCUT2D eigenvalue weighted by Gasteiger charge is -2.15. The maximum Gasteiger partial charge on any atom is 0.131 e. The van der Waals surface area contributed by atoms with E-state index < -0.39 is 0 Å². The molecule has 2 aromatic rings. The summed E-state index contributed by atoms with van der Waals surface area (Å²) in [5, 5.41) is 2.84. The fourth-order valence-corrected chi connectivity index (χ4v) is 2.68. The van der Waals surface area contributed by atoms with Crippen LogP contribution in [-0.4, -0.2) is 6.61 Å². The number of rotatable bonds is 0. The molecule has 0 saturated carbocycles. The van der Waals surface area contributed by atoms with Gasteiger partial charge in [-0.2, -0.15) is 0 Å². The molecule has 1 heterocycles. The van der Waals surface area contributed by atoms with E-state index in [1.165, 1.54) is 0 Å². The van der Waals surface area contributed by atoms with Gasteiger partial charge in [0.05, 0.1) is 6.61 Å². The van der Waals surface area contributed by atoms with Crippen molar-refractivity contribution >= 4 is 22.4 Å². The standard InChI is InChI=1S/C14H14ClNO/c15-12-8-11-13(16)6-3-7-17-14(11)10-5-2-1-4-9(10)12/h1-2,4-5,8,13H,3,6-7,16H2. The maximum absolute atomic E-state index is 6.30. The molecule has 0 saturated heterocycles. The number of fused-ring (bicyclic) bond motifs is 3.